The molecule has 6 rings (SSSR count). The third-order valence-corrected chi connectivity index (χ3v) is 9.97. The van der Waals surface area contributed by atoms with Crippen LogP contribution in [0, 0.1) is 13.8 Å². The molecule has 0 radical (unpaired) electrons. The van der Waals surface area contributed by atoms with Gasteiger partial charge in [-0.15, -0.1) is 0 Å². The number of phenols is 1. The summed E-state index contributed by atoms with van der Waals surface area (Å²) in [6, 6.07) is 11.1. The van der Waals surface area contributed by atoms with Gasteiger partial charge in [-0.25, -0.2) is 9.59 Å². The van der Waals surface area contributed by atoms with Gasteiger partial charge in [-0.05, 0) is 67.9 Å². The number of benzene rings is 2. The average Bonchev–Trinajstić information content (AvgIpc) is 3.06. The summed E-state index contributed by atoms with van der Waals surface area (Å²) in [5.74, 6) is 0.181. The van der Waals surface area contributed by atoms with E-state index in [9.17, 15) is 19.5 Å². The third-order valence-electron chi connectivity index (χ3n) is 9.97. The number of nitrogens with zero attached hydrogens (tertiary/aromatic N) is 4. The summed E-state index contributed by atoms with van der Waals surface area (Å²) in [6.45, 7) is 9.74. The number of hydrogen-bond donors (Lipinski definition) is 3. The van der Waals surface area contributed by atoms with Crippen molar-refractivity contribution in [2.24, 2.45) is 0 Å². The highest BCUT2D eigenvalue weighted by Crippen LogP contribution is 2.28. The number of phenolic OH excluding ortho intramolecular Hbond substituents is 1. The van der Waals surface area contributed by atoms with Crippen molar-refractivity contribution in [3.05, 3.63) is 58.7 Å². The van der Waals surface area contributed by atoms with Crippen LogP contribution in [0.4, 0.5) is 15.3 Å². The van der Waals surface area contributed by atoms with Gasteiger partial charge in [-0.3, -0.25) is 9.69 Å². The Labute approximate surface area is 265 Å². The van der Waals surface area contributed by atoms with Gasteiger partial charge in [-0.2, -0.15) is 0 Å². The van der Waals surface area contributed by atoms with Crippen molar-refractivity contribution in [1.82, 2.24) is 24.9 Å². The number of urea groups is 2. The third kappa shape index (κ3) is 7.04. The Kier molecular flexibility index (Phi) is 9.46. The average molecular weight is 619 g/mol. The molecule has 0 bridgehead atoms. The van der Waals surface area contributed by atoms with E-state index in [0.29, 0.717) is 58.0 Å². The van der Waals surface area contributed by atoms with Crippen molar-refractivity contribution in [1.29, 1.82) is 0 Å². The first-order valence-corrected chi connectivity index (χ1v) is 16.4. The number of amides is 5. The van der Waals surface area contributed by atoms with Gasteiger partial charge in [0.2, 0.25) is 5.91 Å². The minimum atomic E-state index is -0.724. The molecule has 2 aromatic carbocycles. The molecule has 5 amide bonds. The van der Waals surface area contributed by atoms with Gasteiger partial charge in [0.15, 0.2) is 0 Å². The van der Waals surface area contributed by atoms with E-state index in [0.717, 1.165) is 67.1 Å². The number of piperidine rings is 1. The van der Waals surface area contributed by atoms with Crippen molar-refractivity contribution in [3.8, 4) is 5.75 Å². The Bertz CT molecular complexity index is 1370. The van der Waals surface area contributed by atoms with E-state index >= 15 is 0 Å². The van der Waals surface area contributed by atoms with Crippen LogP contribution < -0.4 is 10.6 Å². The molecule has 1 atom stereocenters. The van der Waals surface area contributed by atoms with Crippen LogP contribution >= 0.6 is 0 Å². The zero-order valence-corrected chi connectivity index (χ0v) is 26.5. The number of anilines is 1. The maximum Gasteiger partial charge on any atom is 0.322 e. The van der Waals surface area contributed by atoms with Gasteiger partial charge in [0.05, 0.1) is 0 Å². The molecule has 242 valence electrons. The number of para-hydroxylation sites is 1. The van der Waals surface area contributed by atoms with Gasteiger partial charge in [0.1, 0.15) is 11.8 Å². The molecule has 3 fully saturated rings. The fourth-order valence-electron chi connectivity index (χ4n) is 7.32. The van der Waals surface area contributed by atoms with Crippen molar-refractivity contribution in [3.63, 3.8) is 0 Å². The largest absolute Gasteiger partial charge is 0.507 e. The van der Waals surface area contributed by atoms with Crippen molar-refractivity contribution in [2.45, 2.75) is 70.6 Å². The zero-order chi connectivity index (χ0) is 31.5. The number of rotatable bonds is 6. The first-order chi connectivity index (χ1) is 21.8. The predicted octanol–water partition coefficient (Wildman–Crippen LogP) is 3.47. The van der Waals surface area contributed by atoms with Crippen LogP contribution in [0.2, 0.25) is 0 Å². The van der Waals surface area contributed by atoms with Crippen LogP contribution in [0.5, 0.6) is 5.75 Å². The lowest BCUT2D eigenvalue weighted by atomic mass is 9.99. The normalized spacial score (nSPS) is 20.8. The van der Waals surface area contributed by atoms with Gasteiger partial charge >= 0.3 is 12.1 Å². The zero-order valence-electron chi connectivity index (χ0n) is 26.5. The number of hydrogen-bond acceptors (Lipinski definition) is 6. The molecule has 0 spiro atoms. The smallest absolute Gasteiger partial charge is 0.322 e. The molecule has 45 heavy (non-hydrogen) atoms. The van der Waals surface area contributed by atoms with E-state index in [4.69, 9.17) is 4.74 Å². The fourth-order valence-corrected chi connectivity index (χ4v) is 7.32. The summed E-state index contributed by atoms with van der Waals surface area (Å²) in [5, 5.41) is 16.4. The maximum atomic E-state index is 14.0. The molecule has 2 aromatic rings. The van der Waals surface area contributed by atoms with Crippen LogP contribution in [0.15, 0.2) is 36.4 Å². The lowest BCUT2D eigenvalue weighted by Gasteiger charge is -2.42. The lowest BCUT2D eigenvalue weighted by Crippen LogP contribution is -2.59. The van der Waals surface area contributed by atoms with Crippen molar-refractivity contribution in [2.75, 3.05) is 57.8 Å². The van der Waals surface area contributed by atoms with Gasteiger partial charge in [-0.1, -0.05) is 30.3 Å². The first kappa shape index (κ1) is 31.2. The monoisotopic (exact) mass is 618 g/mol. The summed E-state index contributed by atoms with van der Waals surface area (Å²) in [4.78, 5) is 48.5. The Balaban J connectivity index is 1.09. The Morgan fingerprint density at radius 1 is 0.933 bits per heavy atom. The summed E-state index contributed by atoms with van der Waals surface area (Å²) < 4.78 is 5.53. The van der Waals surface area contributed by atoms with E-state index in [1.807, 2.05) is 60.0 Å². The Morgan fingerprint density at radius 3 is 2.29 bits per heavy atom. The molecular formula is C34H46N6O5. The van der Waals surface area contributed by atoms with E-state index in [2.05, 4.69) is 15.5 Å². The minimum absolute atomic E-state index is 0.0369. The van der Waals surface area contributed by atoms with Crippen LogP contribution in [0.3, 0.4) is 0 Å². The maximum absolute atomic E-state index is 14.0. The predicted molar refractivity (Wildman–Crippen MR) is 171 cm³/mol. The van der Waals surface area contributed by atoms with E-state index < -0.39 is 6.04 Å². The number of carbonyl (C=O) groups excluding carboxylic acids is 3. The SMILES string of the molecule is Cc1cc(C[C@@H](NC(=O)N2CCC(N3Cc4ccccc4NC3=O)CC2)C(=O)N2CCN(C3CCOCC3)CC2)cc(C)c1O. The molecular weight excluding hydrogens is 572 g/mol. The number of fused-ring (bicyclic) bond motifs is 1. The molecule has 4 aliphatic rings. The molecule has 0 saturated carbocycles. The van der Waals surface area contributed by atoms with E-state index in [1.165, 1.54) is 0 Å². The quantitative estimate of drug-likeness (QED) is 0.457. The molecule has 4 aliphatic heterocycles. The summed E-state index contributed by atoms with van der Waals surface area (Å²) in [5.41, 5.74) is 4.35. The number of aryl methyl sites for hydroxylation is 2. The number of nitrogens with one attached hydrogen (secondary N) is 2. The van der Waals surface area contributed by atoms with Gasteiger partial charge in [0, 0.05) is 83.2 Å². The molecule has 11 nitrogen and oxygen atoms in total. The molecule has 3 N–H and O–H groups in total. The van der Waals surface area contributed by atoms with Crippen LogP contribution in [0.25, 0.3) is 0 Å². The van der Waals surface area contributed by atoms with Crippen LogP contribution in [-0.4, -0.2) is 113 Å². The van der Waals surface area contributed by atoms with Crippen molar-refractivity contribution < 1.29 is 24.2 Å². The standard InChI is InChI=1S/C34H46N6O5/c1-23-19-25(20-24(2)31(23)41)21-30(32(42)38-15-13-37(14-16-38)27-9-17-45-18-10-27)36-33(43)39-11-7-28(8-12-39)40-22-26-5-3-4-6-29(26)35-34(40)44/h3-6,19-20,27-28,30,41H,7-18,21-22H2,1-2H3,(H,35,44)(H,36,43)/t30-/m1/s1. The van der Waals surface area contributed by atoms with Gasteiger partial charge < -0.3 is 35.2 Å². The topological polar surface area (TPSA) is 118 Å². The molecule has 3 saturated heterocycles. The second-order valence-electron chi connectivity index (χ2n) is 12.9. The summed E-state index contributed by atoms with van der Waals surface area (Å²) >= 11 is 0. The van der Waals surface area contributed by atoms with Gasteiger partial charge in [0.25, 0.3) is 0 Å². The first-order valence-electron chi connectivity index (χ1n) is 16.4. The van der Waals surface area contributed by atoms with E-state index in [-0.39, 0.29) is 29.8 Å². The highest BCUT2D eigenvalue weighted by Gasteiger charge is 2.35. The summed E-state index contributed by atoms with van der Waals surface area (Å²) in [7, 11) is 0. The minimum Gasteiger partial charge on any atom is -0.507 e. The second-order valence-corrected chi connectivity index (χ2v) is 12.9. The number of aromatic hydroxyl groups is 1. The molecule has 0 unspecified atom stereocenters. The molecule has 11 heteroatoms. The van der Waals surface area contributed by atoms with E-state index in [1.54, 1.807) is 4.90 Å². The second kappa shape index (κ2) is 13.7. The molecule has 0 aliphatic carbocycles. The Hall–Kier alpha value is -3.83. The van der Waals surface area contributed by atoms with Crippen LogP contribution in [0.1, 0.15) is 47.9 Å². The fraction of sp³-hybridized carbons (Fsp3) is 0.559. The van der Waals surface area contributed by atoms with Crippen molar-refractivity contribution >= 4 is 23.7 Å². The highest BCUT2D eigenvalue weighted by atomic mass is 16.5. The molecule has 0 aromatic heterocycles. The number of carbonyl (C=O) groups is 3. The number of likely N-dealkylation sites (tertiary alicyclic amines) is 1. The highest BCUT2D eigenvalue weighted by molar-refractivity contribution is 5.92. The number of ether oxygens (including phenoxy) is 1. The summed E-state index contributed by atoms with van der Waals surface area (Å²) in [6.07, 6.45) is 3.74. The number of piperazine rings is 1. The van der Waals surface area contributed by atoms with Crippen LogP contribution in [-0.2, 0) is 22.5 Å². The molecule has 4 heterocycles. The Morgan fingerprint density at radius 2 is 1.60 bits per heavy atom. The lowest BCUT2D eigenvalue weighted by molar-refractivity contribution is -0.135.